The first-order valence-corrected chi connectivity index (χ1v) is 7.52. The Morgan fingerprint density at radius 3 is 2.81 bits per heavy atom. The number of nitro groups is 1. The number of non-ortho nitro benzene ring substituents is 1. The number of ether oxygens (including phenoxy) is 1. The molecule has 3 rings (SSSR count). The second kappa shape index (κ2) is 7.53. The minimum absolute atomic E-state index is 0.000229. The van der Waals surface area contributed by atoms with Crippen LogP contribution in [0.5, 0.6) is 5.75 Å². The molecule has 0 aliphatic carbocycles. The number of aromatic nitrogens is 4. The molecule has 134 valence electrons. The summed E-state index contributed by atoms with van der Waals surface area (Å²) >= 11 is 0. The Bertz CT molecular complexity index is 939. The van der Waals surface area contributed by atoms with Crippen molar-refractivity contribution in [3.05, 3.63) is 52.3 Å². The molecule has 1 N–H and O–H groups in total. The molecule has 0 saturated carbocycles. The Labute approximate surface area is 147 Å². The van der Waals surface area contributed by atoms with Crippen LogP contribution >= 0.6 is 0 Å². The summed E-state index contributed by atoms with van der Waals surface area (Å²) in [4.78, 5) is 27.2. The van der Waals surface area contributed by atoms with Crippen molar-refractivity contribution in [1.82, 2.24) is 25.1 Å². The van der Waals surface area contributed by atoms with Crippen LogP contribution in [-0.4, -0.2) is 38.0 Å². The first-order valence-electron chi connectivity index (χ1n) is 7.52. The maximum Gasteiger partial charge on any atom is 0.272 e. The lowest BCUT2D eigenvalue weighted by molar-refractivity contribution is -0.384. The molecule has 0 radical (unpaired) electrons. The van der Waals surface area contributed by atoms with Crippen LogP contribution in [0.4, 0.5) is 11.6 Å². The van der Waals surface area contributed by atoms with E-state index < -0.39 is 11.0 Å². The standard InChI is InChI=1S/C15H15N7O4/c1-10(26-12-5-3-11(4-6-12)22(23)24)13-7-8-16-15-19-14(20-21(13)15)17-9-18-25-2/h3-10H,1-2H3,(H,17,18,20). The van der Waals surface area contributed by atoms with Crippen molar-refractivity contribution in [1.29, 1.82) is 0 Å². The molecular formula is C15H15N7O4. The van der Waals surface area contributed by atoms with Gasteiger partial charge in [0.15, 0.2) is 0 Å². The van der Waals surface area contributed by atoms with E-state index in [4.69, 9.17) is 4.74 Å². The summed E-state index contributed by atoms with van der Waals surface area (Å²) < 4.78 is 7.36. The topological polar surface area (TPSA) is 129 Å². The molecule has 1 unspecified atom stereocenters. The van der Waals surface area contributed by atoms with E-state index in [1.165, 1.54) is 30.1 Å². The van der Waals surface area contributed by atoms with Gasteiger partial charge in [-0.3, -0.25) is 20.4 Å². The van der Waals surface area contributed by atoms with Gasteiger partial charge in [-0.1, -0.05) is 0 Å². The first-order chi connectivity index (χ1) is 12.6. The largest absolute Gasteiger partial charge is 0.484 e. The fraction of sp³-hybridized carbons (Fsp3) is 0.200. The molecule has 0 saturated heterocycles. The third kappa shape index (κ3) is 3.72. The molecule has 0 bridgehead atoms. The number of hydrogen-bond acceptors (Lipinski definition) is 8. The normalized spacial score (nSPS) is 12.4. The number of hydrogen-bond donors (Lipinski definition) is 1. The van der Waals surface area contributed by atoms with Gasteiger partial charge in [0.2, 0.25) is 0 Å². The van der Waals surface area contributed by atoms with Crippen LogP contribution in [0.2, 0.25) is 0 Å². The molecule has 1 atom stereocenters. The van der Waals surface area contributed by atoms with Gasteiger partial charge in [0.05, 0.1) is 17.7 Å². The zero-order chi connectivity index (χ0) is 18.5. The van der Waals surface area contributed by atoms with Crippen molar-refractivity contribution in [2.75, 3.05) is 7.11 Å². The van der Waals surface area contributed by atoms with Gasteiger partial charge >= 0.3 is 0 Å². The van der Waals surface area contributed by atoms with Crippen molar-refractivity contribution in [2.45, 2.75) is 13.0 Å². The zero-order valence-electron chi connectivity index (χ0n) is 13.9. The SMILES string of the molecule is CONC=Nc1nc2nccc(C(C)Oc3ccc([N+](=O)[O-])cc3)n2n1. The monoisotopic (exact) mass is 357 g/mol. The van der Waals surface area contributed by atoms with E-state index in [2.05, 4.69) is 30.4 Å². The van der Waals surface area contributed by atoms with E-state index in [0.717, 1.165) is 0 Å². The molecule has 0 aliphatic heterocycles. The number of benzene rings is 1. The highest BCUT2D eigenvalue weighted by Gasteiger charge is 2.15. The van der Waals surface area contributed by atoms with Gasteiger partial charge in [-0.05, 0) is 25.1 Å². The molecule has 0 spiro atoms. The number of fused-ring (bicyclic) bond motifs is 1. The summed E-state index contributed by atoms with van der Waals surface area (Å²) in [6.07, 6.45) is 2.50. The fourth-order valence-electron chi connectivity index (χ4n) is 2.21. The Morgan fingerprint density at radius 1 is 1.35 bits per heavy atom. The molecule has 3 aromatic rings. The van der Waals surface area contributed by atoms with Crippen molar-refractivity contribution >= 4 is 23.8 Å². The average Bonchev–Trinajstić information content (AvgIpc) is 3.05. The van der Waals surface area contributed by atoms with E-state index in [1.54, 1.807) is 24.4 Å². The van der Waals surface area contributed by atoms with Crippen molar-refractivity contribution in [3.8, 4) is 5.75 Å². The van der Waals surface area contributed by atoms with Gasteiger partial charge in [-0.15, -0.1) is 5.10 Å². The summed E-state index contributed by atoms with van der Waals surface area (Å²) in [5, 5.41) is 15.0. The van der Waals surface area contributed by atoms with Gasteiger partial charge < -0.3 is 4.74 Å². The fourth-order valence-corrected chi connectivity index (χ4v) is 2.21. The summed E-state index contributed by atoms with van der Waals surface area (Å²) in [6.45, 7) is 1.83. The highest BCUT2D eigenvalue weighted by atomic mass is 16.6. The quantitative estimate of drug-likeness (QED) is 0.294. The van der Waals surface area contributed by atoms with Crippen molar-refractivity contribution in [3.63, 3.8) is 0 Å². The van der Waals surface area contributed by atoms with Crippen LogP contribution in [0.1, 0.15) is 18.7 Å². The predicted molar refractivity (Wildman–Crippen MR) is 91.2 cm³/mol. The van der Waals surface area contributed by atoms with E-state index in [0.29, 0.717) is 17.2 Å². The molecular weight excluding hydrogens is 342 g/mol. The van der Waals surface area contributed by atoms with Gasteiger partial charge in [0.25, 0.3) is 17.4 Å². The number of nitro benzene ring substituents is 1. The Morgan fingerprint density at radius 2 is 2.12 bits per heavy atom. The van der Waals surface area contributed by atoms with Crippen LogP contribution in [0.25, 0.3) is 5.78 Å². The van der Waals surface area contributed by atoms with Crippen LogP contribution in [0.3, 0.4) is 0 Å². The van der Waals surface area contributed by atoms with Gasteiger partial charge in [0.1, 0.15) is 18.2 Å². The smallest absolute Gasteiger partial charge is 0.272 e. The van der Waals surface area contributed by atoms with E-state index in [-0.39, 0.29) is 11.6 Å². The highest BCUT2D eigenvalue weighted by Crippen LogP contribution is 2.24. The third-order valence-corrected chi connectivity index (χ3v) is 3.39. The van der Waals surface area contributed by atoms with E-state index >= 15 is 0 Å². The summed E-state index contributed by atoms with van der Waals surface area (Å²) in [5.74, 6) is 1.07. The van der Waals surface area contributed by atoms with E-state index in [9.17, 15) is 10.1 Å². The molecule has 11 nitrogen and oxygen atoms in total. The number of rotatable bonds is 7. The Kier molecular flexibility index (Phi) is 4.99. The van der Waals surface area contributed by atoms with Gasteiger partial charge in [0, 0.05) is 18.3 Å². The van der Waals surface area contributed by atoms with E-state index in [1.807, 2.05) is 6.92 Å². The lowest BCUT2D eigenvalue weighted by Crippen LogP contribution is -2.10. The summed E-state index contributed by atoms with van der Waals surface area (Å²) in [6, 6.07) is 7.60. The Hall–Kier alpha value is -3.60. The average molecular weight is 357 g/mol. The number of nitrogens with one attached hydrogen (secondary N) is 1. The molecule has 2 heterocycles. The Balaban J connectivity index is 1.83. The second-order valence-electron chi connectivity index (χ2n) is 5.08. The van der Waals surface area contributed by atoms with Crippen LogP contribution < -0.4 is 10.2 Å². The number of nitrogens with zero attached hydrogens (tertiary/aromatic N) is 6. The molecule has 11 heteroatoms. The zero-order valence-corrected chi connectivity index (χ0v) is 13.9. The summed E-state index contributed by atoms with van der Waals surface area (Å²) in [5.41, 5.74) is 3.15. The third-order valence-electron chi connectivity index (χ3n) is 3.39. The van der Waals surface area contributed by atoms with Gasteiger partial charge in [-0.2, -0.15) is 14.5 Å². The molecule has 0 aliphatic rings. The molecule has 26 heavy (non-hydrogen) atoms. The van der Waals surface area contributed by atoms with Crippen LogP contribution in [0.15, 0.2) is 41.5 Å². The molecule has 0 fully saturated rings. The van der Waals surface area contributed by atoms with Crippen LogP contribution in [-0.2, 0) is 4.84 Å². The number of hydroxylamine groups is 1. The van der Waals surface area contributed by atoms with Gasteiger partial charge in [-0.25, -0.2) is 4.98 Å². The predicted octanol–water partition coefficient (Wildman–Crippen LogP) is 1.98. The van der Waals surface area contributed by atoms with Crippen molar-refractivity contribution < 1.29 is 14.5 Å². The lowest BCUT2D eigenvalue weighted by Gasteiger charge is -2.15. The van der Waals surface area contributed by atoms with Crippen molar-refractivity contribution in [2.24, 2.45) is 4.99 Å². The minimum Gasteiger partial charge on any atom is -0.484 e. The van der Waals surface area contributed by atoms with Crippen LogP contribution in [0, 0.1) is 10.1 Å². The summed E-state index contributed by atoms with van der Waals surface area (Å²) in [7, 11) is 1.46. The maximum atomic E-state index is 10.7. The lowest BCUT2D eigenvalue weighted by atomic mass is 10.2. The first kappa shape index (κ1) is 17.2. The molecule has 0 amide bonds. The molecule has 2 aromatic heterocycles. The molecule has 1 aromatic carbocycles. The maximum absolute atomic E-state index is 10.7. The minimum atomic E-state index is -0.463. The number of aliphatic imine (C=N–C) groups is 1. The second-order valence-corrected chi connectivity index (χ2v) is 5.08. The highest BCUT2D eigenvalue weighted by molar-refractivity contribution is 5.57.